The zero-order valence-electron chi connectivity index (χ0n) is 10.4. The van der Waals surface area contributed by atoms with Crippen molar-refractivity contribution in [2.24, 2.45) is 5.92 Å². The summed E-state index contributed by atoms with van der Waals surface area (Å²) in [6.07, 6.45) is 3.95. The Bertz CT molecular complexity index is 310. The van der Waals surface area contributed by atoms with Crippen LogP contribution in [0.5, 0.6) is 0 Å². The second-order valence-electron chi connectivity index (χ2n) is 4.90. The van der Waals surface area contributed by atoms with E-state index in [1.165, 1.54) is 43.6 Å². The fraction of sp³-hybridized carbons (Fsp3) is 0.571. The van der Waals surface area contributed by atoms with E-state index in [0.717, 1.165) is 5.92 Å². The summed E-state index contributed by atoms with van der Waals surface area (Å²) in [5, 5.41) is 3.16. The molecule has 0 atom stereocenters. The first-order chi connectivity index (χ1) is 7.78. The summed E-state index contributed by atoms with van der Waals surface area (Å²) in [6, 6.07) is 8.85. The summed E-state index contributed by atoms with van der Waals surface area (Å²) in [5.74, 6) is 0.886. The van der Waals surface area contributed by atoms with Crippen LogP contribution in [0.4, 0.5) is 5.69 Å². The highest BCUT2D eigenvalue weighted by Gasteiger charge is 2.16. The van der Waals surface area contributed by atoms with Gasteiger partial charge in [-0.1, -0.05) is 12.1 Å². The second-order valence-corrected chi connectivity index (χ2v) is 4.90. The van der Waals surface area contributed by atoms with Crippen LogP contribution < -0.4 is 5.32 Å². The minimum Gasteiger partial charge on any atom is -0.388 e. The summed E-state index contributed by atoms with van der Waals surface area (Å²) >= 11 is 0. The fourth-order valence-corrected chi connectivity index (χ4v) is 2.41. The maximum atomic E-state index is 3.16. The largest absolute Gasteiger partial charge is 0.388 e. The Morgan fingerprint density at radius 3 is 2.38 bits per heavy atom. The van der Waals surface area contributed by atoms with Crippen LogP contribution in [-0.2, 0) is 6.42 Å². The monoisotopic (exact) mass is 218 g/mol. The molecule has 1 aliphatic rings. The van der Waals surface area contributed by atoms with Crippen LogP contribution in [0.25, 0.3) is 0 Å². The molecule has 2 rings (SSSR count). The smallest absolute Gasteiger partial charge is 0.0337 e. The van der Waals surface area contributed by atoms with Crippen LogP contribution in [0.1, 0.15) is 18.4 Å². The van der Waals surface area contributed by atoms with Crippen LogP contribution in [0.3, 0.4) is 0 Å². The van der Waals surface area contributed by atoms with Gasteiger partial charge >= 0.3 is 0 Å². The number of hydrogen-bond donors (Lipinski definition) is 1. The van der Waals surface area contributed by atoms with Crippen LogP contribution in [-0.4, -0.2) is 32.1 Å². The van der Waals surface area contributed by atoms with Gasteiger partial charge in [-0.15, -0.1) is 0 Å². The van der Waals surface area contributed by atoms with Crippen LogP contribution in [0, 0.1) is 5.92 Å². The predicted molar refractivity (Wildman–Crippen MR) is 69.9 cm³/mol. The van der Waals surface area contributed by atoms with E-state index >= 15 is 0 Å². The van der Waals surface area contributed by atoms with E-state index in [1.807, 2.05) is 7.05 Å². The SMILES string of the molecule is CNc1ccc(CC2CCN(C)CC2)cc1. The molecule has 0 aliphatic carbocycles. The maximum Gasteiger partial charge on any atom is 0.0337 e. The van der Waals surface area contributed by atoms with Crippen LogP contribution in [0.2, 0.25) is 0 Å². The van der Waals surface area contributed by atoms with Gasteiger partial charge in [0.25, 0.3) is 0 Å². The minimum absolute atomic E-state index is 0.886. The molecule has 1 fully saturated rings. The third-order valence-electron chi connectivity index (χ3n) is 3.61. The van der Waals surface area contributed by atoms with Gasteiger partial charge in [0, 0.05) is 12.7 Å². The van der Waals surface area contributed by atoms with Gasteiger partial charge in [0.2, 0.25) is 0 Å². The molecule has 0 aromatic heterocycles. The molecule has 0 saturated carbocycles. The lowest BCUT2D eigenvalue weighted by molar-refractivity contribution is 0.219. The molecule has 2 nitrogen and oxygen atoms in total. The van der Waals surface area contributed by atoms with Gasteiger partial charge in [-0.3, -0.25) is 0 Å². The van der Waals surface area contributed by atoms with Gasteiger partial charge in [-0.25, -0.2) is 0 Å². The van der Waals surface area contributed by atoms with E-state index in [0.29, 0.717) is 0 Å². The zero-order valence-corrected chi connectivity index (χ0v) is 10.4. The highest BCUT2D eigenvalue weighted by atomic mass is 15.1. The number of nitrogens with zero attached hydrogens (tertiary/aromatic N) is 1. The summed E-state index contributed by atoms with van der Waals surface area (Å²) < 4.78 is 0. The van der Waals surface area contributed by atoms with E-state index in [1.54, 1.807) is 0 Å². The van der Waals surface area contributed by atoms with E-state index in [4.69, 9.17) is 0 Å². The average Bonchev–Trinajstić information content (AvgIpc) is 2.33. The fourth-order valence-electron chi connectivity index (χ4n) is 2.41. The van der Waals surface area contributed by atoms with Crippen molar-refractivity contribution in [3.63, 3.8) is 0 Å². The topological polar surface area (TPSA) is 15.3 Å². The molecular formula is C14H22N2. The van der Waals surface area contributed by atoms with Gasteiger partial charge in [0.15, 0.2) is 0 Å². The summed E-state index contributed by atoms with van der Waals surface area (Å²) in [5.41, 5.74) is 2.68. The van der Waals surface area contributed by atoms with Gasteiger partial charge in [-0.2, -0.15) is 0 Å². The molecule has 1 aromatic rings. The van der Waals surface area contributed by atoms with Crippen molar-refractivity contribution in [1.29, 1.82) is 0 Å². The molecule has 0 bridgehead atoms. The van der Waals surface area contributed by atoms with Crippen LogP contribution in [0.15, 0.2) is 24.3 Å². The highest BCUT2D eigenvalue weighted by Crippen LogP contribution is 2.21. The number of anilines is 1. The maximum absolute atomic E-state index is 3.16. The molecule has 0 unspecified atom stereocenters. The molecular weight excluding hydrogens is 196 g/mol. The Morgan fingerprint density at radius 1 is 1.19 bits per heavy atom. The summed E-state index contributed by atoms with van der Waals surface area (Å²) in [7, 11) is 4.18. The Kier molecular flexibility index (Phi) is 3.83. The molecule has 1 saturated heterocycles. The Hall–Kier alpha value is -1.02. The average molecular weight is 218 g/mol. The standard InChI is InChI=1S/C14H22N2/c1-15-14-5-3-12(4-6-14)11-13-7-9-16(2)10-8-13/h3-6,13,15H,7-11H2,1-2H3. The molecule has 0 radical (unpaired) electrons. The van der Waals surface area contributed by atoms with Crippen molar-refractivity contribution in [2.75, 3.05) is 32.5 Å². The van der Waals surface area contributed by atoms with E-state index in [9.17, 15) is 0 Å². The second kappa shape index (κ2) is 5.35. The Balaban J connectivity index is 1.88. The quantitative estimate of drug-likeness (QED) is 0.839. The molecule has 0 spiro atoms. The Morgan fingerprint density at radius 2 is 1.81 bits per heavy atom. The molecule has 16 heavy (non-hydrogen) atoms. The highest BCUT2D eigenvalue weighted by molar-refractivity contribution is 5.43. The van der Waals surface area contributed by atoms with Crippen molar-refractivity contribution < 1.29 is 0 Å². The normalized spacial score (nSPS) is 18.6. The predicted octanol–water partition coefficient (Wildman–Crippen LogP) is 2.61. The third kappa shape index (κ3) is 2.99. The van der Waals surface area contributed by atoms with Gasteiger partial charge in [-0.05, 0) is 63.0 Å². The van der Waals surface area contributed by atoms with Crippen molar-refractivity contribution >= 4 is 5.69 Å². The van der Waals surface area contributed by atoms with E-state index in [2.05, 4.69) is 41.5 Å². The van der Waals surface area contributed by atoms with Crippen LogP contribution >= 0.6 is 0 Å². The molecule has 1 aliphatic heterocycles. The number of nitrogens with one attached hydrogen (secondary N) is 1. The first kappa shape index (κ1) is 11.5. The number of rotatable bonds is 3. The number of hydrogen-bond acceptors (Lipinski definition) is 2. The molecule has 2 heteroatoms. The first-order valence-electron chi connectivity index (χ1n) is 6.23. The molecule has 0 amide bonds. The van der Waals surface area contributed by atoms with Crippen molar-refractivity contribution in [3.8, 4) is 0 Å². The van der Waals surface area contributed by atoms with Gasteiger partial charge in [0.05, 0.1) is 0 Å². The van der Waals surface area contributed by atoms with Gasteiger partial charge < -0.3 is 10.2 Å². The molecule has 88 valence electrons. The van der Waals surface area contributed by atoms with Crippen molar-refractivity contribution in [1.82, 2.24) is 4.90 Å². The Labute approximate surface area is 98.7 Å². The number of benzene rings is 1. The molecule has 1 N–H and O–H groups in total. The molecule has 1 aromatic carbocycles. The lowest BCUT2D eigenvalue weighted by atomic mass is 9.90. The minimum atomic E-state index is 0.886. The summed E-state index contributed by atoms with van der Waals surface area (Å²) in [6.45, 7) is 2.53. The lowest BCUT2D eigenvalue weighted by Crippen LogP contribution is -2.30. The van der Waals surface area contributed by atoms with E-state index < -0.39 is 0 Å². The van der Waals surface area contributed by atoms with Crippen molar-refractivity contribution in [2.45, 2.75) is 19.3 Å². The zero-order chi connectivity index (χ0) is 11.4. The van der Waals surface area contributed by atoms with Crippen molar-refractivity contribution in [3.05, 3.63) is 29.8 Å². The first-order valence-corrected chi connectivity index (χ1v) is 6.23. The van der Waals surface area contributed by atoms with E-state index in [-0.39, 0.29) is 0 Å². The number of piperidine rings is 1. The lowest BCUT2D eigenvalue weighted by Gasteiger charge is -2.28. The van der Waals surface area contributed by atoms with Gasteiger partial charge in [0.1, 0.15) is 0 Å². The molecule has 1 heterocycles. The number of likely N-dealkylation sites (tertiary alicyclic amines) is 1. The third-order valence-corrected chi connectivity index (χ3v) is 3.61. The summed E-state index contributed by atoms with van der Waals surface area (Å²) in [4.78, 5) is 2.43.